The summed E-state index contributed by atoms with van der Waals surface area (Å²) in [6.07, 6.45) is 0. The van der Waals surface area contributed by atoms with Crippen molar-refractivity contribution in [2.24, 2.45) is 0 Å². The van der Waals surface area contributed by atoms with Gasteiger partial charge in [0.25, 0.3) is 5.91 Å². The van der Waals surface area contributed by atoms with Gasteiger partial charge >= 0.3 is 0 Å². The molecular weight excluding hydrogens is 226 g/mol. The molecule has 0 aliphatic rings. The molecule has 60 valence electrons. The Labute approximate surface area is 78.0 Å². The Morgan fingerprint density at radius 1 is 1.64 bits per heavy atom. The molecule has 0 unspecified atom stereocenters. The lowest BCUT2D eigenvalue weighted by atomic mass is 10.4. The SMILES string of the molecule is CN(C)C(=O)c1cc(Br)cs1. The lowest BCUT2D eigenvalue weighted by Crippen LogP contribution is -2.20. The third-order valence-electron chi connectivity index (χ3n) is 1.18. The first-order chi connectivity index (χ1) is 5.11. The van der Waals surface area contributed by atoms with E-state index < -0.39 is 0 Å². The number of rotatable bonds is 1. The van der Waals surface area contributed by atoms with Crippen LogP contribution in [0.4, 0.5) is 0 Å². The molecule has 0 fully saturated rings. The van der Waals surface area contributed by atoms with Gasteiger partial charge in [0.1, 0.15) is 0 Å². The van der Waals surface area contributed by atoms with Gasteiger partial charge in [0.2, 0.25) is 0 Å². The fourth-order valence-electron chi connectivity index (χ4n) is 0.646. The average molecular weight is 234 g/mol. The average Bonchev–Trinajstić information content (AvgIpc) is 2.34. The monoisotopic (exact) mass is 233 g/mol. The second-order valence-corrected chi connectivity index (χ2v) is 4.16. The van der Waals surface area contributed by atoms with Gasteiger partial charge in [-0.25, -0.2) is 0 Å². The summed E-state index contributed by atoms with van der Waals surface area (Å²) in [4.78, 5) is 13.6. The molecule has 0 aliphatic carbocycles. The van der Waals surface area contributed by atoms with Crippen LogP contribution in [0, 0.1) is 0 Å². The Morgan fingerprint density at radius 2 is 2.27 bits per heavy atom. The number of amides is 1. The first-order valence-electron chi connectivity index (χ1n) is 3.07. The number of hydrogen-bond donors (Lipinski definition) is 0. The van der Waals surface area contributed by atoms with Crippen LogP contribution in [0.5, 0.6) is 0 Å². The first kappa shape index (κ1) is 8.74. The summed E-state index contributed by atoms with van der Waals surface area (Å²) in [5, 5.41) is 1.90. The Bertz CT molecular complexity index is 269. The summed E-state index contributed by atoms with van der Waals surface area (Å²) in [5.74, 6) is 0.0562. The van der Waals surface area contributed by atoms with Gasteiger partial charge in [-0.15, -0.1) is 11.3 Å². The minimum Gasteiger partial charge on any atom is -0.344 e. The van der Waals surface area contributed by atoms with Crippen molar-refractivity contribution in [3.8, 4) is 0 Å². The van der Waals surface area contributed by atoms with Crippen molar-refractivity contribution in [2.75, 3.05) is 14.1 Å². The molecule has 1 amide bonds. The number of halogens is 1. The normalized spacial score (nSPS) is 9.73. The molecule has 0 saturated heterocycles. The minimum absolute atomic E-state index is 0.0562. The van der Waals surface area contributed by atoms with Crippen LogP contribution < -0.4 is 0 Å². The van der Waals surface area contributed by atoms with Crippen LogP contribution in [-0.4, -0.2) is 24.9 Å². The predicted octanol–water partition coefficient (Wildman–Crippen LogP) is 2.21. The molecule has 0 spiro atoms. The van der Waals surface area contributed by atoms with E-state index in [2.05, 4.69) is 15.9 Å². The van der Waals surface area contributed by atoms with Crippen LogP contribution in [0.25, 0.3) is 0 Å². The summed E-state index contributed by atoms with van der Waals surface area (Å²) in [5.41, 5.74) is 0. The highest BCUT2D eigenvalue weighted by Crippen LogP contribution is 2.20. The molecule has 0 saturated carbocycles. The number of carbonyl (C=O) groups is 1. The quantitative estimate of drug-likeness (QED) is 0.729. The second kappa shape index (κ2) is 3.36. The lowest BCUT2D eigenvalue weighted by molar-refractivity contribution is 0.0832. The van der Waals surface area contributed by atoms with E-state index in [-0.39, 0.29) is 5.91 Å². The van der Waals surface area contributed by atoms with E-state index in [1.165, 1.54) is 11.3 Å². The molecule has 1 aromatic rings. The zero-order valence-electron chi connectivity index (χ0n) is 6.30. The van der Waals surface area contributed by atoms with Gasteiger partial charge in [-0.1, -0.05) is 0 Å². The number of hydrogen-bond acceptors (Lipinski definition) is 2. The van der Waals surface area contributed by atoms with Gasteiger partial charge in [-0.2, -0.15) is 0 Å². The van der Waals surface area contributed by atoms with Crippen molar-refractivity contribution in [2.45, 2.75) is 0 Å². The van der Waals surface area contributed by atoms with Crippen LogP contribution in [-0.2, 0) is 0 Å². The zero-order chi connectivity index (χ0) is 8.43. The molecular formula is C7H8BrNOS. The number of carbonyl (C=O) groups excluding carboxylic acids is 1. The molecule has 0 bridgehead atoms. The van der Waals surface area contributed by atoms with Crippen LogP contribution in [0.2, 0.25) is 0 Å². The van der Waals surface area contributed by atoms with Gasteiger partial charge in [0.05, 0.1) is 4.88 Å². The van der Waals surface area contributed by atoms with Crippen molar-refractivity contribution in [1.82, 2.24) is 4.90 Å². The zero-order valence-corrected chi connectivity index (χ0v) is 8.70. The smallest absolute Gasteiger partial charge is 0.263 e. The fourth-order valence-corrected chi connectivity index (χ4v) is 2.09. The maximum absolute atomic E-state index is 11.3. The minimum atomic E-state index is 0.0562. The topological polar surface area (TPSA) is 20.3 Å². The van der Waals surface area contributed by atoms with Gasteiger partial charge < -0.3 is 4.90 Å². The number of thiophene rings is 1. The van der Waals surface area contributed by atoms with Crippen LogP contribution in [0.3, 0.4) is 0 Å². The molecule has 0 aliphatic heterocycles. The molecule has 0 atom stereocenters. The molecule has 0 N–H and O–H groups in total. The van der Waals surface area contributed by atoms with Crippen LogP contribution in [0.1, 0.15) is 9.67 Å². The Balaban J connectivity index is 2.85. The Kier molecular flexibility index (Phi) is 2.67. The van der Waals surface area contributed by atoms with Crippen molar-refractivity contribution in [3.63, 3.8) is 0 Å². The van der Waals surface area contributed by atoms with Crippen molar-refractivity contribution >= 4 is 33.2 Å². The van der Waals surface area contributed by atoms with Crippen LogP contribution in [0.15, 0.2) is 15.9 Å². The molecule has 2 nitrogen and oxygen atoms in total. The highest BCUT2D eigenvalue weighted by Gasteiger charge is 2.09. The standard InChI is InChI=1S/C7H8BrNOS/c1-9(2)7(10)6-3-5(8)4-11-6/h3-4H,1-2H3. The van der Waals surface area contributed by atoms with E-state index >= 15 is 0 Å². The van der Waals surface area contributed by atoms with Gasteiger partial charge in [0, 0.05) is 23.9 Å². The molecule has 4 heteroatoms. The predicted molar refractivity (Wildman–Crippen MR) is 50.0 cm³/mol. The molecule has 1 heterocycles. The van der Waals surface area contributed by atoms with Crippen molar-refractivity contribution < 1.29 is 4.79 Å². The molecule has 1 rings (SSSR count). The second-order valence-electron chi connectivity index (χ2n) is 2.33. The summed E-state index contributed by atoms with van der Waals surface area (Å²) < 4.78 is 0.965. The summed E-state index contributed by atoms with van der Waals surface area (Å²) in [6.45, 7) is 0. The van der Waals surface area contributed by atoms with E-state index in [9.17, 15) is 4.79 Å². The summed E-state index contributed by atoms with van der Waals surface area (Å²) in [7, 11) is 3.49. The third kappa shape index (κ3) is 2.04. The molecule has 0 radical (unpaired) electrons. The summed E-state index contributed by atoms with van der Waals surface area (Å²) >= 11 is 4.74. The Morgan fingerprint density at radius 3 is 2.64 bits per heavy atom. The number of nitrogens with zero attached hydrogens (tertiary/aromatic N) is 1. The van der Waals surface area contributed by atoms with Gasteiger partial charge in [0.15, 0.2) is 0 Å². The van der Waals surface area contributed by atoms with Gasteiger partial charge in [-0.05, 0) is 22.0 Å². The van der Waals surface area contributed by atoms with Gasteiger partial charge in [-0.3, -0.25) is 4.79 Å². The lowest BCUT2D eigenvalue weighted by Gasteiger charge is -2.06. The van der Waals surface area contributed by atoms with E-state index in [0.29, 0.717) is 0 Å². The largest absolute Gasteiger partial charge is 0.344 e. The van der Waals surface area contributed by atoms with Crippen LogP contribution >= 0.6 is 27.3 Å². The molecule has 11 heavy (non-hydrogen) atoms. The van der Waals surface area contributed by atoms with Crippen molar-refractivity contribution in [3.05, 3.63) is 20.8 Å². The highest BCUT2D eigenvalue weighted by atomic mass is 79.9. The Hall–Kier alpha value is -0.350. The fraction of sp³-hybridized carbons (Fsp3) is 0.286. The maximum Gasteiger partial charge on any atom is 0.263 e. The van der Waals surface area contributed by atoms with E-state index in [1.807, 2.05) is 11.4 Å². The summed E-state index contributed by atoms with van der Waals surface area (Å²) in [6, 6.07) is 1.83. The third-order valence-corrected chi connectivity index (χ3v) is 2.86. The maximum atomic E-state index is 11.3. The highest BCUT2D eigenvalue weighted by molar-refractivity contribution is 9.10. The van der Waals surface area contributed by atoms with Crippen molar-refractivity contribution in [1.29, 1.82) is 0 Å². The van der Waals surface area contributed by atoms with E-state index in [0.717, 1.165) is 9.35 Å². The van der Waals surface area contributed by atoms with E-state index in [4.69, 9.17) is 0 Å². The van der Waals surface area contributed by atoms with E-state index in [1.54, 1.807) is 19.0 Å². The first-order valence-corrected chi connectivity index (χ1v) is 4.74. The molecule has 1 aromatic heterocycles. The molecule has 0 aromatic carbocycles.